The average molecular weight is 310 g/mol. The lowest BCUT2D eigenvalue weighted by Gasteiger charge is -2.16. The van der Waals surface area contributed by atoms with Gasteiger partial charge in [0.15, 0.2) is 6.61 Å². The van der Waals surface area contributed by atoms with Crippen LogP contribution in [0.1, 0.15) is 33.5 Å². The summed E-state index contributed by atoms with van der Waals surface area (Å²) in [7, 11) is 0. The summed E-state index contributed by atoms with van der Waals surface area (Å²) >= 11 is 1.44. The molecule has 7 heteroatoms. The smallest absolute Gasteiger partial charge is 0.348 e. The number of carbonyl (C=O) groups is 3. The molecule has 0 radical (unpaired) electrons. The highest BCUT2D eigenvalue weighted by Crippen LogP contribution is 2.32. The molecule has 2 amide bonds. The quantitative estimate of drug-likeness (QED) is 0.779. The van der Waals surface area contributed by atoms with E-state index in [1.165, 1.54) is 21.8 Å². The van der Waals surface area contributed by atoms with Crippen molar-refractivity contribution in [2.75, 3.05) is 13.2 Å². The van der Waals surface area contributed by atoms with Crippen LogP contribution in [0.25, 0.3) is 0 Å². The van der Waals surface area contributed by atoms with E-state index in [2.05, 4.69) is 12.2 Å². The lowest BCUT2D eigenvalue weighted by Crippen LogP contribution is -2.35. The lowest BCUT2D eigenvalue weighted by atomic mass is 9.90. The minimum atomic E-state index is -0.644. The molecule has 0 saturated heterocycles. The number of primary amides is 1. The van der Waals surface area contributed by atoms with Crippen LogP contribution in [0.15, 0.2) is 6.07 Å². The van der Waals surface area contributed by atoms with Gasteiger partial charge in [-0.15, -0.1) is 11.3 Å². The second-order valence-electron chi connectivity index (χ2n) is 5.23. The van der Waals surface area contributed by atoms with E-state index in [1.54, 1.807) is 0 Å². The molecule has 1 aromatic rings. The molecule has 1 aliphatic carbocycles. The van der Waals surface area contributed by atoms with Gasteiger partial charge in [0.2, 0.25) is 5.91 Å². The highest BCUT2D eigenvalue weighted by Gasteiger charge is 2.21. The minimum Gasteiger partial charge on any atom is -0.451 e. The maximum absolute atomic E-state index is 11.9. The summed E-state index contributed by atoms with van der Waals surface area (Å²) in [6, 6.07) is 1.86. The van der Waals surface area contributed by atoms with Crippen LogP contribution in [-0.4, -0.2) is 30.9 Å². The first-order chi connectivity index (χ1) is 9.95. The zero-order valence-corrected chi connectivity index (χ0v) is 12.6. The van der Waals surface area contributed by atoms with Gasteiger partial charge < -0.3 is 15.8 Å². The van der Waals surface area contributed by atoms with Crippen LogP contribution in [-0.2, 0) is 27.2 Å². The number of nitrogens with two attached hydrogens (primary N) is 1. The van der Waals surface area contributed by atoms with Crippen LogP contribution in [0.3, 0.4) is 0 Å². The molecule has 0 fully saturated rings. The molecule has 0 bridgehead atoms. The molecule has 0 aliphatic heterocycles. The molecule has 0 saturated carbocycles. The fourth-order valence-electron chi connectivity index (χ4n) is 2.25. The first-order valence-corrected chi connectivity index (χ1v) is 7.61. The summed E-state index contributed by atoms with van der Waals surface area (Å²) in [5, 5.41) is 2.26. The van der Waals surface area contributed by atoms with Crippen LogP contribution in [0.5, 0.6) is 0 Å². The molecular weight excluding hydrogens is 292 g/mol. The van der Waals surface area contributed by atoms with Crippen molar-refractivity contribution in [3.63, 3.8) is 0 Å². The fraction of sp³-hybridized carbons (Fsp3) is 0.500. The van der Waals surface area contributed by atoms with E-state index < -0.39 is 24.4 Å². The largest absolute Gasteiger partial charge is 0.451 e. The van der Waals surface area contributed by atoms with Crippen molar-refractivity contribution >= 4 is 29.1 Å². The van der Waals surface area contributed by atoms with E-state index in [4.69, 9.17) is 10.5 Å². The second kappa shape index (κ2) is 6.71. The highest BCUT2D eigenvalue weighted by molar-refractivity contribution is 7.14. The summed E-state index contributed by atoms with van der Waals surface area (Å²) in [5.41, 5.74) is 6.11. The fourth-order valence-corrected chi connectivity index (χ4v) is 3.35. The molecular formula is C14H18N2O4S. The third kappa shape index (κ3) is 4.29. The Hall–Kier alpha value is -1.89. The van der Waals surface area contributed by atoms with Crippen molar-refractivity contribution in [3.8, 4) is 0 Å². The van der Waals surface area contributed by atoms with Gasteiger partial charge in [0.25, 0.3) is 5.91 Å². The van der Waals surface area contributed by atoms with Crippen molar-refractivity contribution in [2.45, 2.75) is 26.2 Å². The molecule has 1 heterocycles. The summed E-state index contributed by atoms with van der Waals surface area (Å²) in [6.45, 7) is 1.52. The maximum atomic E-state index is 11.9. The van der Waals surface area contributed by atoms with Gasteiger partial charge >= 0.3 is 5.97 Å². The first-order valence-electron chi connectivity index (χ1n) is 6.79. The summed E-state index contributed by atoms with van der Waals surface area (Å²) < 4.78 is 4.93. The van der Waals surface area contributed by atoms with Crippen molar-refractivity contribution in [3.05, 3.63) is 21.4 Å². The molecule has 0 spiro atoms. The Morgan fingerprint density at radius 2 is 2.24 bits per heavy atom. The summed E-state index contributed by atoms with van der Waals surface area (Å²) in [5.74, 6) is -1.06. The number of carbonyl (C=O) groups excluding carboxylic acids is 3. The number of hydrogen-bond donors (Lipinski definition) is 2. The number of rotatable bonds is 5. The van der Waals surface area contributed by atoms with Gasteiger partial charge in [0.1, 0.15) is 4.88 Å². The highest BCUT2D eigenvalue weighted by atomic mass is 32.1. The third-order valence-electron chi connectivity index (χ3n) is 3.32. The van der Waals surface area contributed by atoms with Crippen molar-refractivity contribution in [1.29, 1.82) is 0 Å². The Morgan fingerprint density at radius 3 is 2.95 bits per heavy atom. The monoisotopic (exact) mass is 310 g/mol. The zero-order valence-electron chi connectivity index (χ0n) is 11.8. The van der Waals surface area contributed by atoms with E-state index in [1.807, 2.05) is 6.07 Å². The topological polar surface area (TPSA) is 98.5 Å². The maximum Gasteiger partial charge on any atom is 0.348 e. The standard InChI is InChI=1S/C14H18N2O4S/c1-8-2-3-10-9(4-8)5-11(21-10)14(19)20-7-13(18)16-6-12(15)17/h5,8H,2-4,6-7H2,1H3,(H2,15,17)(H,16,18)/t8-/m0/s1. The van der Waals surface area contributed by atoms with E-state index in [0.717, 1.165) is 19.3 Å². The van der Waals surface area contributed by atoms with Crippen molar-refractivity contribution in [1.82, 2.24) is 5.32 Å². The Balaban J connectivity index is 1.86. The molecule has 1 aromatic heterocycles. The van der Waals surface area contributed by atoms with Crippen LogP contribution in [0.2, 0.25) is 0 Å². The molecule has 1 atom stereocenters. The number of thiophene rings is 1. The van der Waals surface area contributed by atoms with Crippen LogP contribution in [0, 0.1) is 5.92 Å². The Labute approximate surface area is 126 Å². The minimum absolute atomic E-state index is 0.262. The van der Waals surface area contributed by atoms with Gasteiger partial charge in [-0.05, 0) is 36.8 Å². The number of nitrogens with one attached hydrogen (secondary N) is 1. The summed E-state index contributed by atoms with van der Waals surface area (Å²) in [6.07, 6.45) is 3.11. The second-order valence-corrected chi connectivity index (χ2v) is 6.36. The van der Waals surface area contributed by atoms with Gasteiger partial charge in [-0.25, -0.2) is 4.79 Å². The molecule has 6 nitrogen and oxygen atoms in total. The predicted molar refractivity (Wildman–Crippen MR) is 78.0 cm³/mol. The lowest BCUT2D eigenvalue weighted by molar-refractivity contribution is -0.127. The molecule has 0 aromatic carbocycles. The number of amides is 2. The van der Waals surface area contributed by atoms with Crippen molar-refractivity contribution < 1.29 is 19.1 Å². The van der Waals surface area contributed by atoms with E-state index >= 15 is 0 Å². The number of aryl methyl sites for hydroxylation is 1. The molecule has 0 unspecified atom stereocenters. The number of esters is 1. The van der Waals surface area contributed by atoms with Gasteiger partial charge in [0, 0.05) is 4.88 Å². The van der Waals surface area contributed by atoms with E-state index in [-0.39, 0.29) is 6.54 Å². The average Bonchev–Trinajstić information content (AvgIpc) is 2.85. The number of fused-ring (bicyclic) bond motifs is 1. The van der Waals surface area contributed by atoms with E-state index in [9.17, 15) is 14.4 Å². The van der Waals surface area contributed by atoms with Gasteiger partial charge in [0.05, 0.1) is 6.54 Å². The summed E-state index contributed by atoms with van der Waals surface area (Å²) in [4.78, 5) is 35.5. The molecule has 1 aliphatic rings. The molecule has 2 rings (SSSR count). The van der Waals surface area contributed by atoms with Crippen LogP contribution < -0.4 is 11.1 Å². The predicted octanol–water partition coefficient (Wildman–Crippen LogP) is 0.631. The Bertz CT molecular complexity index is 567. The zero-order chi connectivity index (χ0) is 15.4. The van der Waals surface area contributed by atoms with Gasteiger partial charge in [-0.1, -0.05) is 6.92 Å². The molecule has 114 valence electrons. The normalized spacial score (nSPS) is 16.9. The van der Waals surface area contributed by atoms with Crippen LogP contribution in [0.4, 0.5) is 0 Å². The number of hydrogen-bond acceptors (Lipinski definition) is 5. The van der Waals surface area contributed by atoms with Crippen LogP contribution >= 0.6 is 11.3 Å². The third-order valence-corrected chi connectivity index (χ3v) is 4.54. The molecule has 3 N–H and O–H groups in total. The SMILES string of the molecule is C[C@H]1CCc2sc(C(=O)OCC(=O)NCC(N)=O)cc2C1. The Morgan fingerprint density at radius 1 is 1.48 bits per heavy atom. The molecule has 21 heavy (non-hydrogen) atoms. The van der Waals surface area contributed by atoms with Crippen molar-refractivity contribution in [2.24, 2.45) is 11.7 Å². The first kappa shape index (κ1) is 15.5. The van der Waals surface area contributed by atoms with Gasteiger partial charge in [-0.2, -0.15) is 0 Å². The number of ether oxygens (including phenoxy) is 1. The van der Waals surface area contributed by atoms with Gasteiger partial charge in [-0.3, -0.25) is 9.59 Å². The van der Waals surface area contributed by atoms with E-state index in [0.29, 0.717) is 10.8 Å². The Kier molecular flexibility index (Phi) is 4.95.